The molecule has 0 bridgehead atoms. The van der Waals surface area contributed by atoms with Gasteiger partial charge in [-0.1, -0.05) is 48.0 Å². The number of hydrogen-bond donors (Lipinski definition) is 0. The van der Waals surface area contributed by atoms with E-state index in [1.807, 2.05) is 25.1 Å². The summed E-state index contributed by atoms with van der Waals surface area (Å²) in [5.74, 6) is 0. The fourth-order valence-corrected chi connectivity index (χ4v) is 5.31. The number of sulfonamides is 1. The zero-order valence-electron chi connectivity index (χ0n) is 15.8. The molecule has 4 nitrogen and oxygen atoms in total. The average molecular weight is 373 g/mol. The zero-order valence-corrected chi connectivity index (χ0v) is 16.6. The fraction of sp³-hybridized carbons (Fsp3) is 0.429. The van der Waals surface area contributed by atoms with Crippen molar-refractivity contribution >= 4 is 10.0 Å². The van der Waals surface area contributed by atoms with Crippen LogP contribution in [0.1, 0.15) is 25.0 Å². The maximum atomic E-state index is 13.0. The highest BCUT2D eigenvalue weighted by atomic mass is 32.2. The van der Waals surface area contributed by atoms with E-state index >= 15 is 0 Å². The van der Waals surface area contributed by atoms with Gasteiger partial charge in [0, 0.05) is 31.7 Å². The minimum atomic E-state index is -3.43. The highest BCUT2D eigenvalue weighted by Gasteiger charge is 2.35. The second-order valence-electron chi connectivity index (χ2n) is 7.31. The van der Waals surface area contributed by atoms with Crippen molar-refractivity contribution in [2.75, 3.05) is 19.6 Å². The average Bonchev–Trinajstić information content (AvgIpc) is 2.62. The molecule has 2 aromatic carbocycles. The molecule has 1 aliphatic heterocycles. The monoisotopic (exact) mass is 372 g/mol. The molecule has 0 saturated carbocycles. The van der Waals surface area contributed by atoms with Gasteiger partial charge in [0.2, 0.25) is 10.0 Å². The Hall–Kier alpha value is -1.69. The van der Waals surface area contributed by atoms with Gasteiger partial charge in [0.1, 0.15) is 0 Å². The first-order valence-electron chi connectivity index (χ1n) is 9.24. The number of piperazine rings is 1. The zero-order chi connectivity index (χ0) is 18.7. The Morgan fingerprint density at radius 1 is 0.923 bits per heavy atom. The van der Waals surface area contributed by atoms with Gasteiger partial charge >= 0.3 is 0 Å². The molecule has 0 aromatic heterocycles. The predicted molar refractivity (Wildman–Crippen MR) is 106 cm³/mol. The van der Waals surface area contributed by atoms with E-state index in [0.29, 0.717) is 18.0 Å². The first-order chi connectivity index (χ1) is 12.4. The number of nitrogens with zero attached hydrogens (tertiary/aromatic N) is 2. The third-order valence-electron chi connectivity index (χ3n) is 5.23. The second-order valence-corrected chi connectivity index (χ2v) is 9.24. The van der Waals surface area contributed by atoms with Crippen LogP contribution in [-0.2, 0) is 16.4 Å². The molecular formula is C21H28N2O2S. The molecule has 0 radical (unpaired) electrons. The molecule has 1 aliphatic rings. The summed E-state index contributed by atoms with van der Waals surface area (Å²) in [6.45, 7) is 8.23. The number of benzene rings is 2. The van der Waals surface area contributed by atoms with Crippen LogP contribution in [0.2, 0.25) is 0 Å². The van der Waals surface area contributed by atoms with E-state index < -0.39 is 10.0 Å². The summed E-state index contributed by atoms with van der Waals surface area (Å²) in [6, 6.07) is 18.0. The molecule has 2 atom stereocenters. The quantitative estimate of drug-likeness (QED) is 0.808. The minimum absolute atomic E-state index is 0.197. The van der Waals surface area contributed by atoms with Crippen molar-refractivity contribution in [2.24, 2.45) is 0 Å². The van der Waals surface area contributed by atoms with Crippen molar-refractivity contribution in [3.8, 4) is 0 Å². The third-order valence-corrected chi connectivity index (χ3v) is 7.07. The van der Waals surface area contributed by atoms with Gasteiger partial charge in [-0.05, 0) is 44.9 Å². The Morgan fingerprint density at radius 3 is 2.08 bits per heavy atom. The van der Waals surface area contributed by atoms with Gasteiger partial charge in [0.25, 0.3) is 0 Å². The molecule has 0 aliphatic carbocycles. The highest BCUT2D eigenvalue weighted by Crippen LogP contribution is 2.23. The molecule has 1 heterocycles. The lowest BCUT2D eigenvalue weighted by atomic mass is 10.1. The SMILES string of the molecule is Cc1ccc(S(=O)(=O)N2CC(C)N(CCc3ccccc3)C(C)C2)cc1. The number of hydrogen-bond acceptors (Lipinski definition) is 3. The maximum Gasteiger partial charge on any atom is 0.243 e. The van der Waals surface area contributed by atoms with E-state index in [1.54, 1.807) is 16.4 Å². The highest BCUT2D eigenvalue weighted by molar-refractivity contribution is 7.89. The second kappa shape index (κ2) is 7.91. The molecule has 2 aromatic rings. The molecule has 5 heteroatoms. The lowest BCUT2D eigenvalue weighted by Gasteiger charge is -2.43. The Balaban J connectivity index is 1.68. The third kappa shape index (κ3) is 4.17. The molecule has 3 rings (SSSR count). The van der Waals surface area contributed by atoms with E-state index in [1.165, 1.54) is 5.56 Å². The van der Waals surface area contributed by atoms with Crippen molar-refractivity contribution in [1.29, 1.82) is 0 Å². The van der Waals surface area contributed by atoms with Crippen LogP contribution >= 0.6 is 0 Å². The molecule has 0 amide bonds. The van der Waals surface area contributed by atoms with Crippen LogP contribution in [0.5, 0.6) is 0 Å². The summed E-state index contributed by atoms with van der Waals surface area (Å²) in [4.78, 5) is 2.81. The van der Waals surface area contributed by atoms with Crippen LogP contribution in [0.25, 0.3) is 0 Å². The van der Waals surface area contributed by atoms with Crippen molar-refractivity contribution < 1.29 is 8.42 Å². The van der Waals surface area contributed by atoms with Crippen molar-refractivity contribution in [3.63, 3.8) is 0 Å². The molecule has 2 unspecified atom stereocenters. The van der Waals surface area contributed by atoms with Crippen LogP contribution < -0.4 is 0 Å². The Morgan fingerprint density at radius 2 is 1.50 bits per heavy atom. The summed E-state index contributed by atoms with van der Waals surface area (Å²) in [7, 11) is -3.43. The largest absolute Gasteiger partial charge is 0.295 e. The van der Waals surface area contributed by atoms with E-state index in [0.717, 1.165) is 18.5 Å². The molecule has 140 valence electrons. The lowest BCUT2D eigenvalue weighted by Crippen LogP contribution is -2.58. The summed E-state index contributed by atoms with van der Waals surface area (Å²) < 4.78 is 27.6. The van der Waals surface area contributed by atoms with E-state index in [2.05, 4.69) is 43.0 Å². The van der Waals surface area contributed by atoms with Gasteiger partial charge in [0.15, 0.2) is 0 Å². The van der Waals surface area contributed by atoms with E-state index in [9.17, 15) is 8.42 Å². The maximum absolute atomic E-state index is 13.0. The molecule has 1 fully saturated rings. The summed E-state index contributed by atoms with van der Waals surface area (Å²) in [5.41, 5.74) is 2.39. The fourth-order valence-electron chi connectivity index (χ4n) is 3.71. The molecule has 26 heavy (non-hydrogen) atoms. The number of rotatable bonds is 5. The van der Waals surface area contributed by atoms with E-state index in [-0.39, 0.29) is 12.1 Å². The summed E-state index contributed by atoms with van der Waals surface area (Å²) in [6.07, 6.45) is 0.986. The Bertz CT molecular complexity index is 807. The molecule has 0 N–H and O–H groups in total. The minimum Gasteiger partial charge on any atom is -0.295 e. The van der Waals surface area contributed by atoms with Crippen LogP contribution in [0.15, 0.2) is 59.5 Å². The molecular weight excluding hydrogens is 344 g/mol. The normalized spacial score (nSPS) is 22.4. The van der Waals surface area contributed by atoms with Gasteiger partial charge in [0.05, 0.1) is 4.90 Å². The lowest BCUT2D eigenvalue weighted by molar-refractivity contribution is 0.0784. The van der Waals surface area contributed by atoms with Crippen molar-refractivity contribution in [2.45, 2.75) is 44.2 Å². The van der Waals surface area contributed by atoms with Crippen LogP contribution in [0.3, 0.4) is 0 Å². The summed E-state index contributed by atoms with van der Waals surface area (Å²) in [5, 5.41) is 0. The predicted octanol–water partition coefficient (Wildman–Crippen LogP) is 3.32. The Labute approximate surface area is 157 Å². The van der Waals surface area contributed by atoms with Gasteiger partial charge in [-0.3, -0.25) is 4.90 Å². The van der Waals surface area contributed by atoms with Crippen LogP contribution in [-0.4, -0.2) is 49.3 Å². The first-order valence-corrected chi connectivity index (χ1v) is 10.7. The van der Waals surface area contributed by atoms with Crippen molar-refractivity contribution in [3.05, 3.63) is 65.7 Å². The standard InChI is InChI=1S/C21H28N2O2S/c1-17-9-11-21(12-10-17)26(24,25)22-15-18(2)23(19(3)16-22)14-13-20-7-5-4-6-8-20/h4-12,18-19H,13-16H2,1-3H3. The van der Waals surface area contributed by atoms with Gasteiger partial charge in [-0.2, -0.15) is 4.31 Å². The molecule has 0 spiro atoms. The smallest absolute Gasteiger partial charge is 0.243 e. The first kappa shape index (κ1) is 19.1. The van der Waals surface area contributed by atoms with Crippen LogP contribution in [0.4, 0.5) is 0 Å². The Kier molecular flexibility index (Phi) is 5.80. The van der Waals surface area contributed by atoms with Gasteiger partial charge in [-0.15, -0.1) is 0 Å². The molecule has 1 saturated heterocycles. The van der Waals surface area contributed by atoms with Gasteiger partial charge in [-0.25, -0.2) is 8.42 Å². The summed E-state index contributed by atoms with van der Waals surface area (Å²) >= 11 is 0. The van der Waals surface area contributed by atoms with Gasteiger partial charge < -0.3 is 0 Å². The van der Waals surface area contributed by atoms with Crippen molar-refractivity contribution in [1.82, 2.24) is 9.21 Å². The topological polar surface area (TPSA) is 40.6 Å². The van der Waals surface area contributed by atoms with E-state index in [4.69, 9.17) is 0 Å². The van der Waals surface area contributed by atoms with Crippen LogP contribution in [0, 0.1) is 6.92 Å². The number of aryl methyl sites for hydroxylation is 1.